The van der Waals surface area contributed by atoms with Crippen LogP contribution in [0, 0.1) is 0 Å². The molecule has 0 aliphatic carbocycles. The minimum atomic E-state index is -4.30. The Bertz CT molecular complexity index is 1520. The van der Waals surface area contributed by atoms with Gasteiger partial charge < -0.3 is 34.8 Å². The van der Waals surface area contributed by atoms with Crippen molar-refractivity contribution in [1.82, 2.24) is 24.1 Å². The molecule has 2 aliphatic rings. The predicted octanol–water partition coefficient (Wildman–Crippen LogP) is -0.993. The molecule has 0 bridgehead atoms. The third-order valence-corrected chi connectivity index (χ3v) is 7.85. The van der Waals surface area contributed by atoms with E-state index in [9.17, 15) is 29.1 Å². The van der Waals surface area contributed by atoms with E-state index in [4.69, 9.17) is 36.1 Å². The zero-order chi connectivity index (χ0) is 28.1. The highest BCUT2D eigenvalue weighted by atomic mass is 32.5. The minimum Gasteiger partial charge on any atom is -0.397 e. The summed E-state index contributed by atoms with van der Waals surface area (Å²) < 4.78 is 53.7. The molecule has 2 fully saturated rings. The molecule has 2 aliphatic heterocycles. The zero-order valence-corrected chi connectivity index (χ0v) is 21.4. The van der Waals surface area contributed by atoms with Gasteiger partial charge in [0.25, 0.3) is 5.56 Å². The van der Waals surface area contributed by atoms with Crippen molar-refractivity contribution in [1.29, 1.82) is 0 Å². The average molecular weight is 592 g/mol. The van der Waals surface area contributed by atoms with Gasteiger partial charge in [-0.05, 0) is 17.9 Å². The molecule has 3 aromatic heterocycles. The van der Waals surface area contributed by atoms with Crippen LogP contribution in [-0.4, -0.2) is 89.2 Å². The van der Waals surface area contributed by atoms with Crippen molar-refractivity contribution in [2.75, 3.05) is 18.9 Å². The Hall–Kier alpha value is -2.67. The summed E-state index contributed by atoms with van der Waals surface area (Å²) in [6, 6.07) is 2.48. The van der Waals surface area contributed by atoms with Crippen LogP contribution < -0.4 is 17.0 Å². The molecule has 3 unspecified atom stereocenters. The largest absolute Gasteiger partial charge is 0.397 e. The lowest BCUT2D eigenvalue weighted by atomic mass is 10.1. The second-order valence-corrected chi connectivity index (χ2v) is 11.6. The fourth-order valence-electron chi connectivity index (χ4n) is 4.38. The molecule has 5 heterocycles. The second-order valence-electron chi connectivity index (χ2n) is 8.77. The van der Waals surface area contributed by atoms with Gasteiger partial charge in [-0.3, -0.25) is 23.4 Å². The number of nitrogens with two attached hydrogens (primary N) is 1. The topological polar surface area (TPSA) is 209 Å². The van der Waals surface area contributed by atoms with E-state index in [0.717, 1.165) is 16.8 Å². The number of anilines is 1. The van der Waals surface area contributed by atoms with Gasteiger partial charge in [0.15, 0.2) is 30.4 Å². The Kier molecular flexibility index (Phi) is 7.66. The van der Waals surface area contributed by atoms with Crippen LogP contribution in [0.25, 0.3) is 11.2 Å². The van der Waals surface area contributed by atoms with Crippen LogP contribution in [-0.2, 0) is 30.3 Å². The molecule has 19 heteroatoms. The number of aliphatic hydroxyl groups is 2. The van der Waals surface area contributed by atoms with Gasteiger partial charge >= 0.3 is 12.4 Å². The molecule has 0 amide bonds. The van der Waals surface area contributed by atoms with Crippen molar-refractivity contribution >= 4 is 35.4 Å². The van der Waals surface area contributed by atoms with Gasteiger partial charge in [0.05, 0.1) is 25.2 Å². The molecule has 6 N–H and O–H groups in total. The lowest BCUT2D eigenvalue weighted by molar-refractivity contribution is -0.0535. The summed E-state index contributed by atoms with van der Waals surface area (Å²) in [5.41, 5.74) is 4.99. The summed E-state index contributed by atoms with van der Waals surface area (Å²) in [6.45, 7) is -5.72. The van der Waals surface area contributed by atoms with E-state index in [2.05, 4.69) is 9.97 Å². The van der Waals surface area contributed by atoms with Crippen molar-refractivity contribution < 1.29 is 42.4 Å². The summed E-state index contributed by atoms with van der Waals surface area (Å²) in [5, 5.41) is 20.0. The number of aromatic amines is 1. The molecule has 212 valence electrons. The first-order valence-corrected chi connectivity index (χ1v) is 14.0. The Balaban J connectivity index is 1.26. The number of fused-ring (bicyclic) bond motifs is 1. The van der Waals surface area contributed by atoms with Gasteiger partial charge in [-0.2, -0.15) is 0 Å². The Morgan fingerprint density at radius 3 is 2.59 bits per heavy atom. The zero-order valence-electron chi connectivity index (χ0n) is 19.7. The number of hydrogen-bond acceptors (Lipinski definition) is 12. The van der Waals surface area contributed by atoms with E-state index in [0.29, 0.717) is 11.2 Å². The number of hydrogen-bond donors (Lipinski definition) is 5. The second kappa shape index (κ2) is 10.7. The van der Waals surface area contributed by atoms with Crippen LogP contribution in [0.1, 0.15) is 12.5 Å². The molecule has 3 aromatic rings. The van der Waals surface area contributed by atoms with Crippen LogP contribution in [0.2, 0.25) is 0 Å². The average Bonchev–Trinajstić information content (AvgIpc) is 3.53. The smallest absolute Gasteiger partial charge is 0.330 e. The molecular formula is C20H23F2N6O9PS. The number of nitrogens with one attached hydrogen (secondary N) is 1. The van der Waals surface area contributed by atoms with Gasteiger partial charge in [0.1, 0.15) is 29.9 Å². The number of H-pyrrole nitrogens is 1. The summed E-state index contributed by atoms with van der Waals surface area (Å²) in [6.07, 6.45) is -9.52. The van der Waals surface area contributed by atoms with Gasteiger partial charge in [-0.1, -0.05) is 0 Å². The maximum Gasteiger partial charge on any atom is 0.330 e. The summed E-state index contributed by atoms with van der Waals surface area (Å²) in [7, 11) is 0. The molecule has 0 radical (unpaired) electrons. The number of pyridine rings is 1. The van der Waals surface area contributed by atoms with Crippen molar-refractivity contribution in [2.45, 2.75) is 49.2 Å². The number of imidazole rings is 1. The molecule has 2 saturated heterocycles. The van der Waals surface area contributed by atoms with E-state index in [1.165, 1.54) is 23.2 Å². The maximum absolute atomic E-state index is 15.3. The number of halogens is 2. The quantitative estimate of drug-likeness (QED) is 0.199. The number of rotatable bonds is 8. The number of aromatic nitrogens is 5. The van der Waals surface area contributed by atoms with Crippen LogP contribution in [0.15, 0.2) is 40.4 Å². The third-order valence-electron chi connectivity index (χ3n) is 6.29. The van der Waals surface area contributed by atoms with E-state index in [1.54, 1.807) is 0 Å². The highest BCUT2D eigenvalue weighted by Gasteiger charge is 2.50. The summed E-state index contributed by atoms with van der Waals surface area (Å²) in [4.78, 5) is 44.1. The Morgan fingerprint density at radius 1 is 1.15 bits per heavy atom. The number of alkyl halides is 2. The first-order valence-electron chi connectivity index (χ1n) is 11.4. The van der Waals surface area contributed by atoms with E-state index in [-0.39, 0.29) is 5.65 Å². The normalized spacial score (nSPS) is 32.5. The van der Waals surface area contributed by atoms with E-state index < -0.39 is 80.4 Å². The maximum atomic E-state index is 15.3. The molecule has 0 spiro atoms. The van der Waals surface area contributed by atoms with E-state index in [1.807, 2.05) is 4.98 Å². The fourth-order valence-corrected chi connectivity index (χ4v) is 5.81. The summed E-state index contributed by atoms with van der Waals surface area (Å²) in [5.74, 6) is 0. The van der Waals surface area contributed by atoms with Gasteiger partial charge in [0, 0.05) is 18.5 Å². The number of nitrogens with zero attached hydrogens (tertiary/aromatic N) is 4. The van der Waals surface area contributed by atoms with Crippen molar-refractivity contribution in [3.63, 3.8) is 0 Å². The van der Waals surface area contributed by atoms with Crippen LogP contribution in [0.5, 0.6) is 0 Å². The molecule has 15 nitrogen and oxygen atoms in total. The fraction of sp³-hybridized carbons (Fsp3) is 0.500. The highest BCUT2D eigenvalue weighted by Crippen LogP contribution is 2.50. The molecule has 0 saturated carbocycles. The monoisotopic (exact) mass is 592 g/mol. The highest BCUT2D eigenvalue weighted by molar-refractivity contribution is 8.07. The van der Waals surface area contributed by atoms with Crippen molar-refractivity contribution in [3.8, 4) is 0 Å². The molecule has 39 heavy (non-hydrogen) atoms. The SMILES string of the molecule is Nc1ccnc2c1ncn2[C@@H]1O[C@H](COP(O)(=S)OC2[C@@H](CO)O[C@@H](n3ccc(=O)[nH]c3=O)[C@H]2F)C(O)[C@@H]1F. The van der Waals surface area contributed by atoms with Crippen molar-refractivity contribution in [2.24, 2.45) is 0 Å². The number of nitrogen functional groups attached to an aromatic ring is 1. The van der Waals surface area contributed by atoms with Gasteiger partial charge in [0.2, 0.25) is 0 Å². The van der Waals surface area contributed by atoms with Crippen LogP contribution in [0.4, 0.5) is 14.5 Å². The lowest BCUT2D eigenvalue weighted by Crippen LogP contribution is -2.36. The third kappa shape index (κ3) is 5.27. The van der Waals surface area contributed by atoms with Gasteiger partial charge in [-0.15, -0.1) is 0 Å². The van der Waals surface area contributed by atoms with E-state index >= 15 is 4.39 Å². The summed E-state index contributed by atoms with van der Waals surface area (Å²) >= 11 is 4.95. The number of aliphatic hydroxyl groups excluding tert-OH is 2. The Morgan fingerprint density at radius 2 is 1.87 bits per heavy atom. The first kappa shape index (κ1) is 27.9. The minimum absolute atomic E-state index is 0.216. The lowest BCUT2D eigenvalue weighted by Gasteiger charge is -2.25. The predicted molar refractivity (Wildman–Crippen MR) is 131 cm³/mol. The van der Waals surface area contributed by atoms with Crippen LogP contribution in [0.3, 0.4) is 0 Å². The van der Waals surface area contributed by atoms with Crippen molar-refractivity contribution in [3.05, 3.63) is 51.7 Å². The molecule has 0 aromatic carbocycles. The molecule has 9 atom stereocenters. The van der Waals surface area contributed by atoms with Crippen LogP contribution >= 0.6 is 6.72 Å². The first-order chi connectivity index (χ1) is 18.5. The molecule has 5 rings (SSSR count). The van der Waals surface area contributed by atoms with Gasteiger partial charge in [-0.25, -0.2) is 23.5 Å². The Labute approximate surface area is 222 Å². The molecular weight excluding hydrogens is 569 g/mol. The number of ether oxygens (including phenoxy) is 2. The standard InChI is InChI=1S/C20H23F2N6O9PS/c21-12-15(31)10(36-18(12)28-7-25-14-8(23)1-3-24-17(14)28)6-34-38(33,39)37-16-9(5-29)35-19(13(16)22)27-4-2-11(30)26-20(27)32/h1-4,7,9-10,12-13,15-16,18-19,29,31H,5-6H2,(H2,23,24)(H,33,39)(H,26,30,32)/t9-,10-,12+,13+,15?,16?,18-,19-,38?/m1/s1.